The molecule has 0 bridgehead atoms. The quantitative estimate of drug-likeness (QED) is 0.817. The van der Waals surface area contributed by atoms with Crippen molar-refractivity contribution in [2.75, 3.05) is 0 Å². The molecule has 0 amide bonds. The topological polar surface area (TPSA) is 35.2 Å². The number of hydrogen-bond donors (Lipinski definition) is 1. The van der Waals surface area contributed by atoms with E-state index >= 15 is 0 Å². The van der Waals surface area contributed by atoms with Gasteiger partial charge in [0, 0.05) is 0 Å². The molecule has 1 aliphatic carbocycles. The van der Waals surface area contributed by atoms with Gasteiger partial charge in [0.05, 0.1) is 11.0 Å². The number of benzene rings is 1. The molecule has 0 atom stereocenters. The molecule has 1 aromatic carbocycles. The largest absolute Gasteiger partial charge is 0.489 e. The summed E-state index contributed by atoms with van der Waals surface area (Å²) in [5.74, 6) is 0.933. The lowest BCUT2D eigenvalue weighted by molar-refractivity contribution is 0.295. The van der Waals surface area contributed by atoms with Crippen molar-refractivity contribution in [3.05, 3.63) is 23.8 Å². The van der Waals surface area contributed by atoms with Gasteiger partial charge >= 0.3 is 0 Å². The molecular formula is C13H19NOS. The first-order valence-electron chi connectivity index (χ1n) is 5.68. The van der Waals surface area contributed by atoms with E-state index in [9.17, 15) is 0 Å². The Labute approximate surface area is 102 Å². The third kappa shape index (κ3) is 2.71. The minimum atomic E-state index is 0.155. The summed E-state index contributed by atoms with van der Waals surface area (Å²) in [6.07, 6.45) is 2.78. The predicted molar refractivity (Wildman–Crippen MR) is 68.8 cm³/mol. The Morgan fingerprint density at radius 2 is 2.00 bits per heavy atom. The average Bonchev–Trinajstić information content (AvgIpc) is 3.00. The number of ether oxygens (including phenoxy) is 1. The van der Waals surface area contributed by atoms with E-state index in [0.717, 1.165) is 10.6 Å². The first-order chi connectivity index (χ1) is 7.50. The fourth-order valence-corrected chi connectivity index (χ4v) is 1.96. The maximum Gasteiger partial charge on any atom is 0.134 e. The Kier molecular flexibility index (Phi) is 3.17. The maximum atomic E-state index is 5.81. The molecule has 0 aliphatic heterocycles. The highest BCUT2D eigenvalue weighted by molar-refractivity contribution is 7.97. The van der Waals surface area contributed by atoms with Crippen LogP contribution in [0.3, 0.4) is 0 Å². The Morgan fingerprint density at radius 1 is 1.31 bits per heavy atom. The molecule has 0 heterocycles. The van der Waals surface area contributed by atoms with Crippen LogP contribution in [0.4, 0.5) is 0 Å². The number of hydrogen-bond acceptors (Lipinski definition) is 3. The van der Waals surface area contributed by atoms with Crippen LogP contribution in [0.2, 0.25) is 0 Å². The molecule has 1 aliphatic rings. The van der Waals surface area contributed by atoms with Crippen LogP contribution in [0.5, 0.6) is 5.75 Å². The monoisotopic (exact) mass is 237 g/mol. The van der Waals surface area contributed by atoms with Crippen molar-refractivity contribution in [1.29, 1.82) is 0 Å². The third-order valence-corrected chi connectivity index (χ3v) is 3.33. The van der Waals surface area contributed by atoms with Gasteiger partial charge in [-0.3, -0.25) is 5.14 Å². The van der Waals surface area contributed by atoms with Crippen LogP contribution in [0, 0.1) is 0 Å². The molecule has 0 radical (unpaired) electrons. The van der Waals surface area contributed by atoms with Gasteiger partial charge in [-0.1, -0.05) is 26.8 Å². The summed E-state index contributed by atoms with van der Waals surface area (Å²) in [7, 11) is 0. The first kappa shape index (κ1) is 11.8. The van der Waals surface area contributed by atoms with E-state index in [1.165, 1.54) is 30.4 Å². The van der Waals surface area contributed by atoms with Gasteiger partial charge < -0.3 is 4.74 Å². The summed E-state index contributed by atoms with van der Waals surface area (Å²) in [6, 6.07) is 6.33. The summed E-state index contributed by atoms with van der Waals surface area (Å²) in [4.78, 5) is 1.04. The molecule has 16 heavy (non-hydrogen) atoms. The van der Waals surface area contributed by atoms with E-state index in [0.29, 0.717) is 6.10 Å². The summed E-state index contributed by atoms with van der Waals surface area (Å²) in [5, 5.41) is 5.70. The van der Waals surface area contributed by atoms with Gasteiger partial charge in [-0.25, -0.2) is 0 Å². The molecule has 2 nitrogen and oxygen atoms in total. The van der Waals surface area contributed by atoms with Crippen molar-refractivity contribution in [3.63, 3.8) is 0 Å². The maximum absolute atomic E-state index is 5.81. The molecule has 0 spiro atoms. The van der Waals surface area contributed by atoms with Crippen LogP contribution in [-0.2, 0) is 5.41 Å². The standard InChI is InChI=1S/C13H19NOS/c1-13(2,3)9-4-7-11(12(8-9)16-14)15-10-5-6-10/h4,7-8,10H,5-6,14H2,1-3H3. The van der Waals surface area contributed by atoms with E-state index in [4.69, 9.17) is 9.88 Å². The molecule has 0 saturated heterocycles. The molecule has 2 N–H and O–H groups in total. The fourth-order valence-electron chi connectivity index (χ4n) is 1.53. The number of rotatable bonds is 3. The average molecular weight is 237 g/mol. The Balaban J connectivity index is 2.26. The Morgan fingerprint density at radius 3 is 2.50 bits per heavy atom. The SMILES string of the molecule is CC(C)(C)c1ccc(OC2CC2)c(SN)c1. The molecule has 0 aromatic heterocycles. The Bertz CT molecular complexity index is 380. The zero-order valence-corrected chi connectivity index (χ0v) is 10.9. The van der Waals surface area contributed by atoms with E-state index < -0.39 is 0 Å². The van der Waals surface area contributed by atoms with E-state index in [-0.39, 0.29) is 5.41 Å². The van der Waals surface area contributed by atoms with E-state index in [1.54, 1.807) is 0 Å². The van der Waals surface area contributed by atoms with Gasteiger partial charge in [0.15, 0.2) is 0 Å². The normalized spacial score (nSPS) is 16.2. The molecule has 1 fully saturated rings. The Hall–Kier alpha value is -0.670. The summed E-state index contributed by atoms with van der Waals surface area (Å²) in [5.41, 5.74) is 1.45. The van der Waals surface area contributed by atoms with Crippen molar-refractivity contribution >= 4 is 11.9 Å². The fraction of sp³-hybridized carbons (Fsp3) is 0.538. The molecule has 1 saturated carbocycles. The second-order valence-electron chi connectivity index (χ2n) is 5.35. The van der Waals surface area contributed by atoms with Crippen molar-refractivity contribution in [1.82, 2.24) is 0 Å². The second-order valence-corrected chi connectivity index (χ2v) is 6.02. The minimum absolute atomic E-state index is 0.155. The van der Waals surface area contributed by atoms with E-state index in [2.05, 4.69) is 32.9 Å². The van der Waals surface area contributed by atoms with Crippen LogP contribution < -0.4 is 9.88 Å². The molecule has 1 aromatic rings. The van der Waals surface area contributed by atoms with Crippen LogP contribution in [0.25, 0.3) is 0 Å². The minimum Gasteiger partial charge on any atom is -0.489 e. The second kappa shape index (κ2) is 4.30. The van der Waals surface area contributed by atoms with Crippen molar-refractivity contribution in [3.8, 4) is 5.75 Å². The van der Waals surface area contributed by atoms with Gasteiger partial charge in [-0.15, -0.1) is 0 Å². The first-order valence-corrected chi connectivity index (χ1v) is 6.56. The van der Waals surface area contributed by atoms with Crippen LogP contribution >= 0.6 is 11.9 Å². The van der Waals surface area contributed by atoms with E-state index in [1.807, 2.05) is 6.07 Å². The highest BCUT2D eigenvalue weighted by Crippen LogP contribution is 2.35. The third-order valence-electron chi connectivity index (χ3n) is 2.75. The molecule has 2 rings (SSSR count). The van der Waals surface area contributed by atoms with Gasteiger partial charge in [-0.2, -0.15) is 0 Å². The predicted octanol–water partition coefficient (Wildman–Crippen LogP) is 3.49. The zero-order chi connectivity index (χ0) is 11.8. The summed E-state index contributed by atoms with van der Waals surface area (Å²) >= 11 is 1.27. The zero-order valence-electron chi connectivity index (χ0n) is 10.1. The lowest BCUT2D eigenvalue weighted by Gasteiger charge is -2.20. The lowest BCUT2D eigenvalue weighted by Crippen LogP contribution is -2.11. The highest BCUT2D eigenvalue weighted by atomic mass is 32.2. The molecule has 3 heteroatoms. The lowest BCUT2D eigenvalue weighted by atomic mass is 9.87. The van der Waals surface area contributed by atoms with Gasteiger partial charge in [0.2, 0.25) is 0 Å². The highest BCUT2D eigenvalue weighted by Gasteiger charge is 2.25. The van der Waals surface area contributed by atoms with Gasteiger partial charge in [0.25, 0.3) is 0 Å². The molecular weight excluding hydrogens is 218 g/mol. The van der Waals surface area contributed by atoms with Crippen LogP contribution in [-0.4, -0.2) is 6.10 Å². The summed E-state index contributed by atoms with van der Waals surface area (Å²) < 4.78 is 5.81. The summed E-state index contributed by atoms with van der Waals surface area (Å²) in [6.45, 7) is 6.61. The molecule has 0 unspecified atom stereocenters. The van der Waals surface area contributed by atoms with Crippen molar-refractivity contribution in [2.24, 2.45) is 5.14 Å². The van der Waals surface area contributed by atoms with Crippen LogP contribution in [0.15, 0.2) is 23.1 Å². The van der Waals surface area contributed by atoms with Gasteiger partial charge in [-0.05, 0) is 47.9 Å². The molecule has 88 valence electrons. The van der Waals surface area contributed by atoms with Crippen molar-refractivity contribution in [2.45, 2.75) is 50.0 Å². The van der Waals surface area contributed by atoms with Crippen molar-refractivity contribution < 1.29 is 4.74 Å². The van der Waals surface area contributed by atoms with Gasteiger partial charge in [0.1, 0.15) is 5.75 Å². The smallest absolute Gasteiger partial charge is 0.134 e. The van der Waals surface area contributed by atoms with Crippen LogP contribution in [0.1, 0.15) is 39.2 Å². The number of nitrogens with two attached hydrogens (primary N) is 1.